The molecule has 2 N–H and O–H groups in total. The van der Waals surface area contributed by atoms with Gasteiger partial charge in [0.1, 0.15) is 0 Å². The Balaban J connectivity index is 1.58. The predicted molar refractivity (Wildman–Crippen MR) is 91.0 cm³/mol. The number of urea groups is 1. The van der Waals surface area contributed by atoms with Gasteiger partial charge in [-0.25, -0.2) is 4.79 Å². The molecule has 2 aliphatic rings. The normalized spacial score (nSPS) is 26.0. The van der Waals surface area contributed by atoms with Crippen molar-refractivity contribution in [1.82, 2.24) is 5.32 Å². The van der Waals surface area contributed by atoms with Crippen LogP contribution in [0.1, 0.15) is 32.6 Å². The number of benzene rings is 1. The molecule has 0 aliphatic heterocycles. The number of anilines is 1. The van der Waals surface area contributed by atoms with Crippen LogP contribution in [0.15, 0.2) is 29.2 Å². The molecule has 3 rings (SSSR count). The van der Waals surface area contributed by atoms with Crippen molar-refractivity contribution in [1.29, 1.82) is 0 Å². The molecule has 126 valence electrons. The van der Waals surface area contributed by atoms with E-state index in [-0.39, 0.29) is 23.6 Å². The maximum absolute atomic E-state index is 12.3. The van der Waals surface area contributed by atoms with Gasteiger partial charge in [-0.2, -0.15) is 0 Å². The van der Waals surface area contributed by atoms with Crippen LogP contribution in [-0.4, -0.2) is 35.2 Å². The summed E-state index contributed by atoms with van der Waals surface area (Å²) >= 11 is 0. The summed E-state index contributed by atoms with van der Waals surface area (Å²) in [6.45, 7) is 2.75. The number of carbonyl (C=O) groups excluding carboxylic acids is 1. The van der Waals surface area contributed by atoms with Gasteiger partial charge in [-0.15, -0.1) is 0 Å². The summed E-state index contributed by atoms with van der Waals surface area (Å²) < 4.78 is 17.3. The van der Waals surface area contributed by atoms with Crippen molar-refractivity contribution in [3.05, 3.63) is 24.3 Å². The Morgan fingerprint density at radius 3 is 2.83 bits per heavy atom. The first kappa shape index (κ1) is 16.5. The summed E-state index contributed by atoms with van der Waals surface area (Å²) in [5, 5.41) is 5.93. The highest BCUT2D eigenvalue weighted by Gasteiger charge is 2.59. The molecule has 0 saturated heterocycles. The van der Waals surface area contributed by atoms with E-state index in [2.05, 4.69) is 10.6 Å². The molecule has 2 fully saturated rings. The SMILES string of the molecule is CCO[C@@H]1C[C@H](NC(=O)Nc2cccc([S@](C)=O)c2)C12CCC2. The van der Waals surface area contributed by atoms with E-state index in [1.165, 1.54) is 6.42 Å². The van der Waals surface area contributed by atoms with Crippen molar-refractivity contribution >= 4 is 22.5 Å². The molecule has 1 spiro atoms. The van der Waals surface area contributed by atoms with E-state index in [0.717, 1.165) is 25.9 Å². The van der Waals surface area contributed by atoms with Crippen molar-refractivity contribution in [2.75, 3.05) is 18.2 Å². The Hall–Kier alpha value is -1.40. The van der Waals surface area contributed by atoms with Crippen LogP contribution in [0, 0.1) is 5.41 Å². The number of ether oxygens (including phenoxy) is 1. The smallest absolute Gasteiger partial charge is 0.319 e. The minimum atomic E-state index is -1.06. The van der Waals surface area contributed by atoms with Crippen LogP contribution in [0.2, 0.25) is 0 Å². The lowest BCUT2D eigenvalue weighted by atomic mass is 9.51. The van der Waals surface area contributed by atoms with E-state index in [9.17, 15) is 9.00 Å². The van der Waals surface area contributed by atoms with Crippen molar-refractivity contribution in [2.45, 2.75) is 49.6 Å². The number of hydrogen-bond acceptors (Lipinski definition) is 3. The van der Waals surface area contributed by atoms with E-state index in [1.54, 1.807) is 30.5 Å². The van der Waals surface area contributed by atoms with Gasteiger partial charge in [0, 0.05) is 45.7 Å². The zero-order chi connectivity index (χ0) is 16.4. The number of amides is 2. The first-order valence-corrected chi connectivity index (χ1v) is 9.73. The molecule has 1 aromatic carbocycles. The Labute approximate surface area is 139 Å². The lowest BCUT2D eigenvalue weighted by Crippen LogP contribution is -2.68. The third-order valence-electron chi connectivity index (χ3n) is 5.17. The molecule has 0 heterocycles. The van der Waals surface area contributed by atoms with Crippen LogP contribution in [0.3, 0.4) is 0 Å². The molecular formula is C17H24N2O3S. The second kappa shape index (κ2) is 6.61. The van der Waals surface area contributed by atoms with Crippen LogP contribution < -0.4 is 10.6 Å². The molecule has 2 saturated carbocycles. The Kier molecular flexibility index (Phi) is 4.73. The minimum absolute atomic E-state index is 0.153. The van der Waals surface area contributed by atoms with E-state index < -0.39 is 10.8 Å². The van der Waals surface area contributed by atoms with Crippen LogP contribution >= 0.6 is 0 Å². The molecule has 2 amide bonds. The third-order valence-corrected chi connectivity index (χ3v) is 6.08. The highest BCUT2D eigenvalue weighted by molar-refractivity contribution is 7.84. The first-order valence-electron chi connectivity index (χ1n) is 8.18. The van der Waals surface area contributed by atoms with Crippen LogP contribution in [0.5, 0.6) is 0 Å². The van der Waals surface area contributed by atoms with Gasteiger partial charge < -0.3 is 15.4 Å². The molecule has 1 aromatic rings. The topological polar surface area (TPSA) is 67.4 Å². The largest absolute Gasteiger partial charge is 0.378 e. The van der Waals surface area contributed by atoms with E-state index in [0.29, 0.717) is 10.6 Å². The maximum atomic E-state index is 12.3. The lowest BCUT2D eigenvalue weighted by Gasteiger charge is -2.60. The van der Waals surface area contributed by atoms with Gasteiger partial charge in [-0.05, 0) is 44.4 Å². The zero-order valence-corrected chi connectivity index (χ0v) is 14.4. The summed E-state index contributed by atoms with van der Waals surface area (Å²) in [5.74, 6) is 0. The van der Waals surface area contributed by atoms with Gasteiger partial charge in [0.05, 0.1) is 6.10 Å². The van der Waals surface area contributed by atoms with Gasteiger partial charge in [0.2, 0.25) is 0 Å². The molecular weight excluding hydrogens is 312 g/mol. The van der Waals surface area contributed by atoms with Crippen LogP contribution in [0.4, 0.5) is 10.5 Å². The monoisotopic (exact) mass is 336 g/mol. The quantitative estimate of drug-likeness (QED) is 0.869. The summed E-state index contributed by atoms with van der Waals surface area (Å²) in [6, 6.07) is 7.14. The average molecular weight is 336 g/mol. The van der Waals surface area contributed by atoms with Gasteiger partial charge in [0.25, 0.3) is 0 Å². The third kappa shape index (κ3) is 3.15. The average Bonchev–Trinajstić information content (AvgIpc) is 2.44. The highest BCUT2D eigenvalue weighted by Crippen LogP contribution is 2.57. The molecule has 0 radical (unpaired) electrons. The Morgan fingerprint density at radius 1 is 1.43 bits per heavy atom. The summed E-state index contributed by atoms with van der Waals surface area (Å²) in [6.07, 6.45) is 6.28. The fraction of sp³-hybridized carbons (Fsp3) is 0.588. The van der Waals surface area contributed by atoms with Gasteiger partial charge in [-0.1, -0.05) is 12.5 Å². The molecule has 23 heavy (non-hydrogen) atoms. The number of hydrogen-bond donors (Lipinski definition) is 2. The van der Waals surface area contributed by atoms with Crippen LogP contribution in [-0.2, 0) is 15.5 Å². The fourth-order valence-electron chi connectivity index (χ4n) is 3.72. The van der Waals surface area contributed by atoms with Gasteiger partial charge in [-0.3, -0.25) is 4.21 Å². The molecule has 6 heteroatoms. The molecule has 5 nitrogen and oxygen atoms in total. The summed E-state index contributed by atoms with van der Waals surface area (Å²) in [5.41, 5.74) is 0.818. The summed E-state index contributed by atoms with van der Waals surface area (Å²) in [7, 11) is -1.06. The second-order valence-corrected chi connectivity index (χ2v) is 7.78. The highest BCUT2D eigenvalue weighted by atomic mass is 32.2. The molecule has 0 aromatic heterocycles. The van der Waals surface area contributed by atoms with Crippen molar-refractivity contribution in [2.24, 2.45) is 5.41 Å². The van der Waals surface area contributed by atoms with E-state index >= 15 is 0 Å². The fourth-order valence-corrected chi connectivity index (χ4v) is 4.28. The van der Waals surface area contributed by atoms with Crippen molar-refractivity contribution < 1.29 is 13.7 Å². The predicted octanol–water partition coefficient (Wildman–Crippen LogP) is 2.89. The molecule has 0 bridgehead atoms. The zero-order valence-electron chi connectivity index (χ0n) is 13.6. The van der Waals surface area contributed by atoms with Gasteiger partial charge in [0.15, 0.2) is 0 Å². The van der Waals surface area contributed by atoms with Gasteiger partial charge >= 0.3 is 6.03 Å². The van der Waals surface area contributed by atoms with Crippen molar-refractivity contribution in [3.8, 4) is 0 Å². The van der Waals surface area contributed by atoms with Crippen molar-refractivity contribution in [3.63, 3.8) is 0 Å². The Bertz CT molecular complexity index is 616. The van der Waals surface area contributed by atoms with Crippen LogP contribution in [0.25, 0.3) is 0 Å². The number of rotatable bonds is 5. The number of nitrogens with one attached hydrogen (secondary N) is 2. The summed E-state index contributed by atoms with van der Waals surface area (Å²) in [4.78, 5) is 13.0. The second-order valence-electron chi connectivity index (χ2n) is 6.40. The lowest BCUT2D eigenvalue weighted by molar-refractivity contribution is -0.169. The maximum Gasteiger partial charge on any atom is 0.319 e. The number of carbonyl (C=O) groups is 1. The Morgan fingerprint density at radius 2 is 2.22 bits per heavy atom. The molecule has 3 atom stereocenters. The minimum Gasteiger partial charge on any atom is -0.378 e. The molecule has 2 aliphatic carbocycles. The van der Waals surface area contributed by atoms with E-state index in [4.69, 9.17) is 4.74 Å². The molecule has 0 unspecified atom stereocenters. The first-order chi connectivity index (χ1) is 11.0. The van der Waals surface area contributed by atoms with E-state index in [1.807, 2.05) is 6.92 Å². The standard InChI is InChI=1S/C17H24N2O3S/c1-3-22-15-11-14(17(15)8-5-9-17)19-16(20)18-12-6-4-7-13(10-12)23(2)21/h4,6-7,10,14-15H,3,5,8-9,11H2,1-2H3,(H2,18,19,20)/t14-,15+,23-/m0/s1.